The van der Waals surface area contributed by atoms with Crippen LogP contribution in [0.3, 0.4) is 0 Å². The normalized spacial score (nSPS) is 12.0. The molecule has 1 aromatic rings. The molecule has 0 atom stereocenters. The van der Waals surface area contributed by atoms with E-state index in [2.05, 4.69) is 29.6 Å². The quantitative estimate of drug-likeness (QED) is 0.785. The summed E-state index contributed by atoms with van der Waals surface area (Å²) in [5, 5.41) is 0. The molecule has 1 rings (SSSR count). The Morgan fingerprint density at radius 1 is 1.53 bits per heavy atom. The molecule has 0 saturated carbocycles. The molecule has 0 fully saturated rings. The first-order chi connectivity index (χ1) is 6.94. The van der Waals surface area contributed by atoms with Gasteiger partial charge in [0.2, 0.25) is 0 Å². The Morgan fingerprint density at radius 2 is 2.20 bits per heavy atom. The standard InChI is InChI=1S/C11H20N2OS/c1-9-7-13(10(15)12-9)8-11(2,3)5-6-14-4/h7H,5-6,8H2,1-4H3,(H,12,15). The Morgan fingerprint density at radius 3 is 2.67 bits per heavy atom. The summed E-state index contributed by atoms with van der Waals surface area (Å²) in [6.45, 7) is 8.21. The molecule has 0 aliphatic heterocycles. The number of methoxy groups -OCH3 is 1. The monoisotopic (exact) mass is 228 g/mol. The molecule has 0 saturated heterocycles. The molecule has 0 aliphatic rings. The van der Waals surface area contributed by atoms with Crippen LogP contribution in [0, 0.1) is 17.1 Å². The van der Waals surface area contributed by atoms with Crippen LogP contribution in [0.2, 0.25) is 0 Å². The average Bonchev–Trinajstić information content (AvgIpc) is 2.41. The van der Waals surface area contributed by atoms with Crippen molar-refractivity contribution in [2.75, 3.05) is 13.7 Å². The van der Waals surface area contributed by atoms with E-state index in [-0.39, 0.29) is 5.41 Å². The van der Waals surface area contributed by atoms with Crippen LogP contribution in [0.25, 0.3) is 0 Å². The summed E-state index contributed by atoms with van der Waals surface area (Å²) >= 11 is 5.23. The van der Waals surface area contributed by atoms with Gasteiger partial charge in [-0.1, -0.05) is 13.8 Å². The van der Waals surface area contributed by atoms with Crippen LogP contribution >= 0.6 is 12.2 Å². The van der Waals surface area contributed by atoms with Crippen molar-refractivity contribution in [1.29, 1.82) is 0 Å². The minimum Gasteiger partial charge on any atom is -0.385 e. The Hall–Kier alpha value is -0.610. The molecule has 0 spiro atoms. The summed E-state index contributed by atoms with van der Waals surface area (Å²) in [6, 6.07) is 0. The fraction of sp³-hybridized carbons (Fsp3) is 0.727. The predicted molar refractivity (Wildman–Crippen MR) is 64.6 cm³/mol. The number of imidazole rings is 1. The van der Waals surface area contributed by atoms with Gasteiger partial charge in [0.15, 0.2) is 4.77 Å². The number of nitrogens with one attached hydrogen (secondary N) is 1. The number of rotatable bonds is 5. The molecule has 1 N–H and O–H groups in total. The van der Waals surface area contributed by atoms with Crippen LogP contribution in [0.5, 0.6) is 0 Å². The maximum absolute atomic E-state index is 5.23. The van der Waals surface area contributed by atoms with Crippen LogP contribution in [0.4, 0.5) is 0 Å². The summed E-state index contributed by atoms with van der Waals surface area (Å²) in [4.78, 5) is 3.13. The van der Waals surface area contributed by atoms with Crippen molar-refractivity contribution in [3.8, 4) is 0 Å². The Balaban J connectivity index is 2.68. The van der Waals surface area contributed by atoms with Crippen LogP contribution in [0.15, 0.2) is 6.20 Å². The summed E-state index contributed by atoms with van der Waals surface area (Å²) in [5.41, 5.74) is 1.32. The number of hydrogen-bond acceptors (Lipinski definition) is 2. The van der Waals surface area contributed by atoms with Gasteiger partial charge in [0.1, 0.15) is 0 Å². The van der Waals surface area contributed by atoms with Gasteiger partial charge < -0.3 is 14.3 Å². The third-order valence-electron chi connectivity index (χ3n) is 2.50. The topological polar surface area (TPSA) is 29.9 Å². The van der Waals surface area contributed by atoms with Crippen molar-refractivity contribution in [1.82, 2.24) is 9.55 Å². The van der Waals surface area contributed by atoms with E-state index in [1.54, 1.807) is 7.11 Å². The minimum atomic E-state index is 0.211. The predicted octanol–water partition coefficient (Wildman–Crippen LogP) is 2.92. The summed E-state index contributed by atoms with van der Waals surface area (Å²) < 4.78 is 8.01. The number of H-pyrrole nitrogens is 1. The van der Waals surface area contributed by atoms with Crippen molar-refractivity contribution in [3.63, 3.8) is 0 Å². The second-order valence-electron chi connectivity index (χ2n) is 4.78. The number of ether oxygens (including phenoxy) is 1. The number of nitrogens with zero attached hydrogens (tertiary/aromatic N) is 1. The molecule has 3 nitrogen and oxygen atoms in total. The molecule has 1 heterocycles. The maximum atomic E-state index is 5.23. The molecular weight excluding hydrogens is 208 g/mol. The minimum absolute atomic E-state index is 0.211. The second-order valence-corrected chi connectivity index (χ2v) is 5.16. The molecule has 0 bridgehead atoms. The molecule has 86 valence electrons. The van der Waals surface area contributed by atoms with Gasteiger partial charge in [0.05, 0.1) is 0 Å². The SMILES string of the molecule is COCCC(C)(C)Cn1cc(C)[nH]c1=S. The molecule has 0 aromatic carbocycles. The Kier molecular flexibility index (Phi) is 4.11. The summed E-state index contributed by atoms with van der Waals surface area (Å²) in [7, 11) is 1.74. The fourth-order valence-electron chi connectivity index (χ4n) is 1.60. The first-order valence-corrected chi connectivity index (χ1v) is 5.60. The van der Waals surface area contributed by atoms with Crippen LogP contribution in [-0.2, 0) is 11.3 Å². The smallest absolute Gasteiger partial charge is 0.177 e. The van der Waals surface area contributed by atoms with E-state index < -0.39 is 0 Å². The van der Waals surface area contributed by atoms with Crippen molar-refractivity contribution in [2.24, 2.45) is 5.41 Å². The van der Waals surface area contributed by atoms with Gasteiger partial charge in [-0.25, -0.2) is 0 Å². The van der Waals surface area contributed by atoms with E-state index in [0.717, 1.165) is 30.0 Å². The van der Waals surface area contributed by atoms with Gasteiger partial charge in [-0.2, -0.15) is 0 Å². The van der Waals surface area contributed by atoms with E-state index in [0.29, 0.717) is 0 Å². The Labute approximate surface area is 96.5 Å². The number of hydrogen-bond donors (Lipinski definition) is 1. The molecular formula is C11H20N2OS. The van der Waals surface area contributed by atoms with E-state index in [9.17, 15) is 0 Å². The average molecular weight is 228 g/mol. The van der Waals surface area contributed by atoms with Gasteiger partial charge in [-0.3, -0.25) is 0 Å². The Bertz CT molecular complexity index is 365. The highest BCUT2D eigenvalue weighted by Crippen LogP contribution is 2.23. The van der Waals surface area contributed by atoms with Crippen LogP contribution in [-0.4, -0.2) is 23.3 Å². The van der Waals surface area contributed by atoms with E-state index in [1.165, 1.54) is 0 Å². The van der Waals surface area contributed by atoms with Crippen molar-refractivity contribution in [2.45, 2.75) is 33.7 Å². The third kappa shape index (κ3) is 3.80. The van der Waals surface area contributed by atoms with Gasteiger partial charge in [-0.15, -0.1) is 0 Å². The fourth-order valence-corrected chi connectivity index (χ4v) is 1.88. The van der Waals surface area contributed by atoms with E-state index in [4.69, 9.17) is 17.0 Å². The number of aromatic nitrogens is 2. The van der Waals surface area contributed by atoms with Gasteiger partial charge >= 0.3 is 0 Å². The molecule has 1 aromatic heterocycles. The lowest BCUT2D eigenvalue weighted by molar-refractivity contribution is 0.142. The van der Waals surface area contributed by atoms with E-state index in [1.807, 2.05) is 6.92 Å². The van der Waals surface area contributed by atoms with Gasteiger partial charge in [-0.05, 0) is 31.0 Å². The lowest BCUT2D eigenvalue weighted by atomic mass is 9.90. The largest absolute Gasteiger partial charge is 0.385 e. The zero-order chi connectivity index (χ0) is 11.5. The van der Waals surface area contributed by atoms with Crippen molar-refractivity contribution >= 4 is 12.2 Å². The number of aryl methyl sites for hydroxylation is 1. The van der Waals surface area contributed by atoms with Crippen molar-refractivity contribution in [3.05, 3.63) is 16.7 Å². The molecule has 4 heteroatoms. The highest BCUT2D eigenvalue weighted by Gasteiger charge is 2.18. The first kappa shape index (κ1) is 12.5. The second kappa shape index (κ2) is 4.94. The summed E-state index contributed by atoms with van der Waals surface area (Å²) in [6.07, 6.45) is 3.10. The van der Waals surface area contributed by atoms with Gasteiger partial charge in [0, 0.05) is 32.2 Å². The molecule has 0 amide bonds. The highest BCUT2D eigenvalue weighted by molar-refractivity contribution is 7.71. The van der Waals surface area contributed by atoms with Crippen molar-refractivity contribution < 1.29 is 4.74 Å². The van der Waals surface area contributed by atoms with Gasteiger partial charge in [0.25, 0.3) is 0 Å². The lowest BCUT2D eigenvalue weighted by Crippen LogP contribution is -2.21. The van der Waals surface area contributed by atoms with Crippen LogP contribution < -0.4 is 0 Å². The third-order valence-corrected chi connectivity index (χ3v) is 2.83. The molecule has 15 heavy (non-hydrogen) atoms. The summed E-state index contributed by atoms with van der Waals surface area (Å²) in [5.74, 6) is 0. The zero-order valence-electron chi connectivity index (χ0n) is 9.96. The molecule has 0 unspecified atom stereocenters. The lowest BCUT2D eigenvalue weighted by Gasteiger charge is -2.24. The van der Waals surface area contributed by atoms with Crippen LogP contribution in [0.1, 0.15) is 26.0 Å². The maximum Gasteiger partial charge on any atom is 0.177 e. The molecule has 0 aliphatic carbocycles. The molecule has 0 radical (unpaired) electrons. The zero-order valence-corrected chi connectivity index (χ0v) is 10.8. The highest BCUT2D eigenvalue weighted by atomic mass is 32.1. The first-order valence-electron chi connectivity index (χ1n) is 5.19. The number of aromatic amines is 1. The van der Waals surface area contributed by atoms with E-state index >= 15 is 0 Å².